The third-order valence-electron chi connectivity index (χ3n) is 4.54. The van der Waals surface area contributed by atoms with E-state index in [0.717, 1.165) is 54.3 Å². The minimum absolute atomic E-state index is 0.241. The topological polar surface area (TPSA) is 30.3 Å². The Morgan fingerprint density at radius 1 is 1.04 bits per heavy atom. The second-order valence-electron chi connectivity index (χ2n) is 6.28. The van der Waals surface area contributed by atoms with Crippen molar-refractivity contribution in [1.82, 2.24) is 14.7 Å². The van der Waals surface area contributed by atoms with Gasteiger partial charge in [-0.2, -0.15) is 5.10 Å². The summed E-state index contributed by atoms with van der Waals surface area (Å²) in [6, 6.07) is 14.7. The molecule has 2 heterocycles. The van der Waals surface area contributed by atoms with E-state index in [2.05, 4.69) is 25.9 Å². The van der Waals surface area contributed by atoms with E-state index in [1.165, 1.54) is 6.07 Å². The highest BCUT2D eigenvalue weighted by Crippen LogP contribution is 2.30. The van der Waals surface area contributed by atoms with Gasteiger partial charge in [0.2, 0.25) is 0 Å². The zero-order chi connectivity index (χ0) is 17.9. The largest absolute Gasteiger partial charge is 0.379 e. The molecule has 0 unspecified atom stereocenters. The highest BCUT2D eigenvalue weighted by atomic mass is 79.9. The van der Waals surface area contributed by atoms with Crippen LogP contribution in [0.25, 0.3) is 16.9 Å². The van der Waals surface area contributed by atoms with Crippen LogP contribution in [0.2, 0.25) is 0 Å². The molecule has 3 aromatic rings. The quantitative estimate of drug-likeness (QED) is 0.637. The fourth-order valence-electron chi connectivity index (χ4n) is 3.22. The average molecular weight is 416 g/mol. The Morgan fingerprint density at radius 3 is 2.50 bits per heavy atom. The maximum absolute atomic E-state index is 14.6. The van der Waals surface area contributed by atoms with E-state index < -0.39 is 0 Å². The summed E-state index contributed by atoms with van der Waals surface area (Å²) < 4.78 is 22.8. The lowest BCUT2D eigenvalue weighted by molar-refractivity contribution is 0.0342. The number of aromatic nitrogens is 2. The van der Waals surface area contributed by atoms with E-state index in [-0.39, 0.29) is 5.82 Å². The van der Waals surface area contributed by atoms with Gasteiger partial charge < -0.3 is 4.74 Å². The van der Waals surface area contributed by atoms with Crippen LogP contribution in [0.3, 0.4) is 0 Å². The molecule has 1 fully saturated rings. The van der Waals surface area contributed by atoms with Gasteiger partial charge in [-0.3, -0.25) is 4.90 Å². The summed E-state index contributed by atoms with van der Waals surface area (Å²) in [7, 11) is 0. The number of hydrogen-bond acceptors (Lipinski definition) is 3. The first-order valence-electron chi connectivity index (χ1n) is 8.60. The van der Waals surface area contributed by atoms with Crippen LogP contribution in [0.5, 0.6) is 0 Å². The number of hydrogen-bond donors (Lipinski definition) is 0. The first-order valence-corrected chi connectivity index (χ1v) is 9.39. The van der Waals surface area contributed by atoms with E-state index in [1.54, 1.807) is 6.07 Å². The van der Waals surface area contributed by atoms with E-state index in [4.69, 9.17) is 4.74 Å². The molecule has 1 aromatic heterocycles. The molecule has 4 rings (SSSR count). The van der Waals surface area contributed by atoms with Crippen LogP contribution in [-0.4, -0.2) is 41.0 Å². The SMILES string of the molecule is Fc1ccccc1-c1c(CN2CCOCC2)cnn1-c1ccc(Br)cc1. The molecule has 0 amide bonds. The van der Waals surface area contributed by atoms with E-state index >= 15 is 0 Å². The molecule has 26 heavy (non-hydrogen) atoms. The smallest absolute Gasteiger partial charge is 0.132 e. The predicted molar refractivity (Wildman–Crippen MR) is 103 cm³/mol. The minimum Gasteiger partial charge on any atom is -0.379 e. The normalized spacial score (nSPS) is 15.3. The van der Waals surface area contributed by atoms with Gasteiger partial charge in [-0.1, -0.05) is 28.1 Å². The summed E-state index contributed by atoms with van der Waals surface area (Å²) in [5.41, 5.74) is 3.28. The molecule has 0 spiro atoms. The molecular weight excluding hydrogens is 397 g/mol. The van der Waals surface area contributed by atoms with Crippen LogP contribution >= 0.6 is 15.9 Å². The number of morpholine rings is 1. The van der Waals surface area contributed by atoms with Crippen molar-refractivity contribution in [3.05, 3.63) is 70.6 Å². The molecule has 0 atom stereocenters. The van der Waals surface area contributed by atoms with Crippen LogP contribution in [-0.2, 0) is 11.3 Å². The van der Waals surface area contributed by atoms with Crippen LogP contribution in [0, 0.1) is 5.82 Å². The Balaban J connectivity index is 1.79. The van der Waals surface area contributed by atoms with Crippen LogP contribution in [0.1, 0.15) is 5.56 Å². The number of rotatable bonds is 4. The molecule has 0 saturated carbocycles. The van der Waals surface area contributed by atoms with Gasteiger partial charge in [0.05, 0.1) is 30.8 Å². The van der Waals surface area contributed by atoms with Gasteiger partial charge in [0.1, 0.15) is 5.82 Å². The number of nitrogens with zero attached hydrogens (tertiary/aromatic N) is 3. The summed E-state index contributed by atoms with van der Waals surface area (Å²) in [5, 5.41) is 4.58. The Bertz CT molecular complexity index is 888. The second-order valence-corrected chi connectivity index (χ2v) is 7.19. The van der Waals surface area contributed by atoms with Gasteiger partial charge in [-0.25, -0.2) is 9.07 Å². The summed E-state index contributed by atoms with van der Waals surface area (Å²) >= 11 is 3.46. The number of ether oxygens (including phenoxy) is 1. The number of benzene rings is 2. The van der Waals surface area contributed by atoms with Crippen molar-refractivity contribution in [3.8, 4) is 16.9 Å². The van der Waals surface area contributed by atoms with Crippen molar-refractivity contribution in [2.45, 2.75) is 6.54 Å². The Morgan fingerprint density at radius 2 is 1.77 bits per heavy atom. The van der Waals surface area contributed by atoms with Crippen LogP contribution in [0.4, 0.5) is 4.39 Å². The highest BCUT2D eigenvalue weighted by molar-refractivity contribution is 9.10. The molecule has 1 aliphatic rings. The maximum Gasteiger partial charge on any atom is 0.132 e. The number of halogens is 2. The van der Waals surface area contributed by atoms with Gasteiger partial charge in [0.25, 0.3) is 0 Å². The van der Waals surface area contributed by atoms with Crippen molar-refractivity contribution in [1.29, 1.82) is 0 Å². The lowest BCUT2D eigenvalue weighted by atomic mass is 10.1. The molecule has 1 aliphatic heterocycles. The van der Waals surface area contributed by atoms with Gasteiger partial charge in [-0.15, -0.1) is 0 Å². The van der Waals surface area contributed by atoms with E-state index in [0.29, 0.717) is 5.56 Å². The Labute approximate surface area is 160 Å². The van der Waals surface area contributed by atoms with Crippen molar-refractivity contribution >= 4 is 15.9 Å². The minimum atomic E-state index is -0.241. The van der Waals surface area contributed by atoms with Gasteiger partial charge in [0, 0.05) is 35.2 Å². The fraction of sp³-hybridized carbons (Fsp3) is 0.250. The van der Waals surface area contributed by atoms with Crippen molar-refractivity contribution in [2.24, 2.45) is 0 Å². The predicted octanol–water partition coefficient (Wildman–Crippen LogP) is 4.27. The summed E-state index contributed by atoms with van der Waals surface area (Å²) in [6.07, 6.45) is 1.85. The lowest BCUT2D eigenvalue weighted by Crippen LogP contribution is -2.35. The summed E-state index contributed by atoms with van der Waals surface area (Å²) in [4.78, 5) is 2.32. The van der Waals surface area contributed by atoms with Gasteiger partial charge in [0.15, 0.2) is 0 Å². The maximum atomic E-state index is 14.6. The molecule has 4 nitrogen and oxygen atoms in total. The third kappa shape index (κ3) is 3.58. The van der Waals surface area contributed by atoms with E-state index in [9.17, 15) is 4.39 Å². The summed E-state index contributed by atoms with van der Waals surface area (Å²) in [6.45, 7) is 3.94. The lowest BCUT2D eigenvalue weighted by Gasteiger charge is -2.26. The highest BCUT2D eigenvalue weighted by Gasteiger charge is 2.20. The van der Waals surface area contributed by atoms with Gasteiger partial charge in [-0.05, 0) is 36.4 Å². The van der Waals surface area contributed by atoms with Crippen molar-refractivity contribution in [2.75, 3.05) is 26.3 Å². The molecule has 6 heteroatoms. The average Bonchev–Trinajstić information content (AvgIpc) is 3.07. The third-order valence-corrected chi connectivity index (χ3v) is 5.07. The van der Waals surface area contributed by atoms with Crippen molar-refractivity contribution in [3.63, 3.8) is 0 Å². The molecular formula is C20H19BrFN3O. The standard InChI is InChI=1S/C20H19BrFN3O/c21-16-5-7-17(8-6-16)25-20(18-3-1-2-4-19(18)22)15(13-23-25)14-24-9-11-26-12-10-24/h1-8,13H,9-12,14H2. The Hall–Kier alpha value is -2.02. The van der Waals surface area contributed by atoms with Crippen molar-refractivity contribution < 1.29 is 9.13 Å². The Kier molecular flexibility index (Phi) is 5.15. The van der Waals surface area contributed by atoms with Gasteiger partial charge >= 0.3 is 0 Å². The molecule has 134 valence electrons. The fourth-order valence-corrected chi connectivity index (χ4v) is 3.48. The van der Waals surface area contributed by atoms with Crippen LogP contribution < -0.4 is 0 Å². The molecule has 0 N–H and O–H groups in total. The molecule has 0 aliphatic carbocycles. The molecule has 2 aromatic carbocycles. The van der Waals surface area contributed by atoms with Crippen LogP contribution in [0.15, 0.2) is 59.2 Å². The zero-order valence-corrected chi connectivity index (χ0v) is 15.8. The second kappa shape index (κ2) is 7.70. The molecule has 0 bridgehead atoms. The van der Waals surface area contributed by atoms with E-state index in [1.807, 2.05) is 47.3 Å². The molecule has 0 radical (unpaired) electrons. The first kappa shape index (κ1) is 17.4. The molecule has 1 saturated heterocycles. The zero-order valence-electron chi connectivity index (χ0n) is 14.2. The first-order chi connectivity index (χ1) is 12.7. The summed E-state index contributed by atoms with van der Waals surface area (Å²) in [5.74, 6) is -0.241. The monoisotopic (exact) mass is 415 g/mol.